The third-order valence-corrected chi connectivity index (χ3v) is 5.72. The van der Waals surface area contributed by atoms with Gasteiger partial charge < -0.3 is 20.7 Å². The van der Waals surface area contributed by atoms with Crippen molar-refractivity contribution in [3.63, 3.8) is 0 Å². The third kappa shape index (κ3) is 6.71. The number of anilines is 4. The Morgan fingerprint density at radius 2 is 1.43 bits per heavy atom. The number of carbonyl (C=O) groups is 2. The first-order chi connectivity index (χ1) is 17.0. The molecule has 0 atom stereocenters. The molecule has 176 valence electrons. The van der Waals surface area contributed by atoms with E-state index in [4.69, 9.17) is 4.74 Å². The van der Waals surface area contributed by atoms with Gasteiger partial charge in [0.15, 0.2) is 6.61 Å². The lowest BCUT2D eigenvalue weighted by Gasteiger charge is -2.13. The molecular weight excluding hydrogens is 506 g/mol. The molecule has 0 saturated heterocycles. The maximum atomic E-state index is 12.9. The molecule has 3 N–H and O–H groups in total. The molecule has 0 saturated carbocycles. The normalized spacial score (nSPS) is 10.3. The number of aryl methyl sites for hydroxylation is 1. The quantitative estimate of drug-likeness (QED) is 0.235. The molecule has 0 heterocycles. The number of ether oxygens (including phenoxy) is 1. The van der Waals surface area contributed by atoms with Crippen LogP contribution in [0.4, 0.5) is 22.7 Å². The van der Waals surface area contributed by atoms with E-state index in [1.807, 2.05) is 73.7 Å². The van der Waals surface area contributed by atoms with Crippen LogP contribution in [0.25, 0.3) is 0 Å². The Balaban J connectivity index is 1.37. The Morgan fingerprint density at radius 3 is 2.17 bits per heavy atom. The molecule has 4 aromatic carbocycles. The monoisotopic (exact) mass is 529 g/mol. The highest BCUT2D eigenvalue weighted by molar-refractivity contribution is 9.10. The average molecular weight is 530 g/mol. The van der Waals surface area contributed by atoms with Crippen molar-refractivity contribution in [1.29, 1.82) is 0 Å². The minimum atomic E-state index is -0.367. The zero-order valence-electron chi connectivity index (χ0n) is 19.0. The second-order valence-corrected chi connectivity index (χ2v) is 8.69. The minimum Gasteiger partial charge on any atom is -0.483 e. The number of halogens is 1. The maximum absolute atomic E-state index is 12.9. The predicted molar refractivity (Wildman–Crippen MR) is 144 cm³/mol. The highest BCUT2D eigenvalue weighted by Gasteiger charge is 2.14. The molecule has 0 radical (unpaired) electrons. The van der Waals surface area contributed by atoms with Crippen LogP contribution in [0.2, 0.25) is 0 Å². The van der Waals surface area contributed by atoms with Crippen LogP contribution >= 0.6 is 15.9 Å². The van der Waals surface area contributed by atoms with Gasteiger partial charge in [-0.05, 0) is 89.1 Å². The number of carbonyl (C=O) groups excluding carboxylic acids is 2. The number of benzene rings is 4. The molecule has 0 fully saturated rings. The zero-order chi connectivity index (χ0) is 24.6. The Kier molecular flexibility index (Phi) is 7.80. The van der Waals surface area contributed by atoms with Crippen molar-refractivity contribution in [2.45, 2.75) is 6.92 Å². The van der Waals surface area contributed by atoms with Gasteiger partial charge in [-0.1, -0.05) is 36.4 Å². The van der Waals surface area contributed by atoms with Gasteiger partial charge in [0.25, 0.3) is 11.8 Å². The molecule has 0 unspecified atom stereocenters. The summed E-state index contributed by atoms with van der Waals surface area (Å²) in [6.07, 6.45) is 0. The van der Waals surface area contributed by atoms with Gasteiger partial charge in [0, 0.05) is 17.1 Å². The van der Waals surface area contributed by atoms with Gasteiger partial charge >= 0.3 is 0 Å². The lowest BCUT2D eigenvalue weighted by Crippen LogP contribution is -2.23. The first-order valence-electron chi connectivity index (χ1n) is 11.0. The van der Waals surface area contributed by atoms with Crippen LogP contribution in [0.5, 0.6) is 5.75 Å². The van der Waals surface area contributed by atoms with Crippen molar-refractivity contribution in [2.24, 2.45) is 0 Å². The highest BCUT2D eigenvalue weighted by atomic mass is 79.9. The van der Waals surface area contributed by atoms with E-state index in [0.717, 1.165) is 21.4 Å². The summed E-state index contributed by atoms with van der Waals surface area (Å²) in [5.74, 6) is -0.122. The van der Waals surface area contributed by atoms with E-state index >= 15 is 0 Å². The van der Waals surface area contributed by atoms with E-state index in [-0.39, 0.29) is 18.4 Å². The van der Waals surface area contributed by atoms with Crippen LogP contribution in [0, 0.1) is 6.92 Å². The van der Waals surface area contributed by atoms with E-state index in [2.05, 4.69) is 31.9 Å². The van der Waals surface area contributed by atoms with Crippen molar-refractivity contribution in [3.8, 4) is 5.75 Å². The molecule has 0 aliphatic rings. The predicted octanol–water partition coefficient (Wildman–Crippen LogP) is 6.77. The molecular formula is C28H24BrN3O3. The number of nitrogens with one attached hydrogen (secondary N) is 3. The van der Waals surface area contributed by atoms with Gasteiger partial charge in [0.05, 0.1) is 15.7 Å². The van der Waals surface area contributed by atoms with Gasteiger partial charge in [-0.25, -0.2) is 0 Å². The Hall–Kier alpha value is -4.10. The van der Waals surface area contributed by atoms with E-state index in [1.165, 1.54) is 0 Å². The fourth-order valence-corrected chi connectivity index (χ4v) is 3.97. The molecule has 4 rings (SSSR count). The fraction of sp³-hybridized carbons (Fsp3) is 0.0714. The first kappa shape index (κ1) is 24.0. The van der Waals surface area contributed by atoms with Crippen LogP contribution in [0.15, 0.2) is 102 Å². The summed E-state index contributed by atoms with van der Waals surface area (Å²) < 4.78 is 6.38. The summed E-state index contributed by atoms with van der Waals surface area (Å²) in [6.45, 7) is 1.78. The number of hydrogen-bond donors (Lipinski definition) is 3. The summed E-state index contributed by atoms with van der Waals surface area (Å²) in [6, 6.07) is 29.7. The SMILES string of the molecule is Cc1ccc(OCC(=O)Nc2ccccc2C(=O)Nc2ccc(Nc3ccccc3)cc2)c(Br)c1. The Labute approximate surface area is 212 Å². The van der Waals surface area contributed by atoms with E-state index in [9.17, 15) is 9.59 Å². The summed E-state index contributed by atoms with van der Waals surface area (Å²) in [5.41, 5.74) is 4.36. The molecule has 35 heavy (non-hydrogen) atoms. The number of hydrogen-bond acceptors (Lipinski definition) is 4. The Morgan fingerprint density at radius 1 is 0.771 bits per heavy atom. The van der Waals surface area contributed by atoms with Crippen LogP contribution in [0.3, 0.4) is 0 Å². The Bertz CT molecular complexity index is 1330. The number of para-hydroxylation sites is 2. The van der Waals surface area contributed by atoms with Crippen molar-refractivity contribution in [2.75, 3.05) is 22.6 Å². The molecule has 0 spiro atoms. The number of amides is 2. The second kappa shape index (κ2) is 11.4. The highest BCUT2D eigenvalue weighted by Crippen LogP contribution is 2.26. The molecule has 0 bridgehead atoms. The lowest BCUT2D eigenvalue weighted by molar-refractivity contribution is -0.118. The van der Waals surface area contributed by atoms with Crippen molar-refractivity contribution >= 4 is 50.5 Å². The standard InChI is InChI=1S/C28H24BrN3O3/c1-19-11-16-26(24(29)17-19)35-18-27(33)32-25-10-6-5-9-23(25)28(34)31-22-14-12-21(13-15-22)30-20-7-3-2-4-8-20/h2-17,30H,18H2,1H3,(H,31,34)(H,32,33). The minimum absolute atomic E-state index is 0.187. The fourth-order valence-electron chi connectivity index (χ4n) is 3.37. The zero-order valence-corrected chi connectivity index (χ0v) is 20.6. The average Bonchev–Trinajstić information content (AvgIpc) is 2.85. The lowest BCUT2D eigenvalue weighted by atomic mass is 10.1. The van der Waals surface area contributed by atoms with Crippen LogP contribution < -0.4 is 20.7 Å². The van der Waals surface area contributed by atoms with Gasteiger partial charge in [0.1, 0.15) is 5.75 Å². The van der Waals surface area contributed by atoms with Crippen LogP contribution in [-0.2, 0) is 4.79 Å². The van der Waals surface area contributed by atoms with Crippen LogP contribution in [0.1, 0.15) is 15.9 Å². The van der Waals surface area contributed by atoms with Gasteiger partial charge in [0.2, 0.25) is 0 Å². The molecule has 7 heteroatoms. The summed E-state index contributed by atoms with van der Waals surface area (Å²) in [4.78, 5) is 25.4. The molecule has 4 aromatic rings. The molecule has 0 aliphatic heterocycles. The van der Waals surface area contributed by atoms with Crippen molar-refractivity contribution < 1.29 is 14.3 Å². The third-order valence-electron chi connectivity index (χ3n) is 5.10. The van der Waals surface area contributed by atoms with Crippen LogP contribution in [-0.4, -0.2) is 18.4 Å². The molecule has 6 nitrogen and oxygen atoms in total. The van der Waals surface area contributed by atoms with Crippen molar-refractivity contribution in [1.82, 2.24) is 0 Å². The van der Waals surface area contributed by atoms with E-state index < -0.39 is 0 Å². The summed E-state index contributed by atoms with van der Waals surface area (Å²) in [5, 5.41) is 8.94. The first-order valence-corrected chi connectivity index (χ1v) is 11.8. The smallest absolute Gasteiger partial charge is 0.262 e. The second-order valence-electron chi connectivity index (χ2n) is 7.84. The summed E-state index contributed by atoms with van der Waals surface area (Å²) >= 11 is 3.43. The van der Waals surface area contributed by atoms with Gasteiger partial charge in [-0.3, -0.25) is 9.59 Å². The maximum Gasteiger partial charge on any atom is 0.262 e. The van der Waals surface area contributed by atoms with E-state index in [1.54, 1.807) is 30.3 Å². The van der Waals surface area contributed by atoms with Gasteiger partial charge in [-0.15, -0.1) is 0 Å². The largest absolute Gasteiger partial charge is 0.483 e. The molecule has 0 aliphatic carbocycles. The number of rotatable bonds is 8. The molecule has 2 amide bonds. The van der Waals surface area contributed by atoms with Crippen molar-refractivity contribution in [3.05, 3.63) is 113 Å². The molecule has 0 aromatic heterocycles. The summed E-state index contributed by atoms with van der Waals surface area (Å²) in [7, 11) is 0. The van der Waals surface area contributed by atoms with Gasteiger partial charge in [-0.2, -0.15) is 0 Å². The van der Waals surface area contributed by atoms with E-state index in [0.29, 0.717) is 22.7 Å². The topological polar surface area (TPSA) is 79.5 Å².